The maximum absolute atomic E-state index is 11.8. The number of benzene rings is 2. The number of carbonyl (C=O) groups excluding carboxylic acids is 2. The van der Waals surface area contributed by atoms with E-state index in [0.29, 0.717) is 44.0 Å². The first kappa shape index (κ1) is 28.2. The summed E-state index contributed by atoms with van der Waals surface area (Å²) in [5.41, 5.74) is 3.30. The number of ether oxygens (including phenoxy) is 3. The molecule has 0 bridgehead atoms. The van der Waals surface area contributed by atoms with Gasteiger partial charge >= 0.3 is 11.9 Å². The maximum Gasteiger partial charge on any atom is 0.306 e. The highest BCUT2D eigenvalue weighted by atomic mass is 16.5. The van der Waals surface area contributed by atoms with Crippen molar-refractivity contribution in [2.24, 2.45) is 0 Å². The van der Waals surface area contributed by atoms with Crippen LogP contribution < -0.4 is 4.74 Å². The van der Waals surface area contributed by atoms with Crippen molar-refractivity contribution in [2.75, 3.05) is 19.8 Å². The number of unbranched alkanes of at least 4 members (excludes halogenated alkanes) is 4. The van der Waals surface area contributed by atoms with Crippen LogP contribution >= 0.6 is 0 Å². The van der Waals surface area contributed by atoms with E-state index in [2.05, 4.69) is 6.92 Å². The van der Waals surface area contributed by atoms with Crippen molar-refractivity contribution in [2.45, 2.75) is 78.6 Å². The van der Waals surface area contributed by atoms with Gasteiger partial charge in [-0.1, -0.05) is 44.7 Å². The van der Waals surface area contributed by atoms with Gasteiger partial charge in [0.05, 0.1) is 19.8 Å². The van der Waals surface area contributed by atoms with E-state index >= 15 is 0 Å². The van der Waals surface area contributed by atoms with E-state index in [1.807, 2.05) is 30.3 Å². The van der Waals surface area contributed by atoms with Crippen LogP contribution in [0.25, 0.3) is 11.1 Å². The summed E-state index contributed by atoms with van der Waals surface area (Å²) in [7, 11) is 0. The number of esters is 2. The topological polar surface area (TPSA) is 82.1 Å². The van der Waals surface area contributed by atoms with Gasteiger partial charge in [0.2, 0.25) is 0 Å². The van der Waals surface area contributed by atoms with E-state index in [0.717, 1.165) is 29.5 Å². The molecule has 35 heavy (non-hydrogen) atoms. The van der Waals surface area contributed by atoms with Crippen LogP contribution in [0.1, 0.15) is 76.8 Å². The van der Waals surface area contributed by atoms with Gasteiger partial charge in [0.15, 0.2) is 0 Å². The Kier molecular flexibility index (Phi) is 12.7. The molecule has 0 saturated heterocycles. The second kappa shape index (κ2) is 15.8. The number of phenols is 1. The van der Waals surface area contributed by atoms with E-state index < -0.39 is 0 Å². The molecule has 0 aromatic heterocycles. The van der Waals surface area contributed by atoms with Crippen molar-refractivity contribution < 1.29 is 28.9 Å². The van der Waals surface area contributed by atoms with Gasteiger partial charge in [-0.2, -0.15) is 0 Å². The lowest BCUT2D eigenvalue weighted by molar-refractivity contribution is -0.144. The lowest BCUT2D eigenvalue weighted by Gasteiger charge is -2.16. The Bertz CT molecular complexity index is 937. The molecular weight excluding hydrogens is 444 g/mol. The Hall–Kier alpha value is -3.02. The van der Waals surface area contributed by atoms with Gasteiger partial charge in [-0.15, -0.1) is 0 Å². The van der Waals surface area contributed by atoms with Crippen molar-refractivity contribution in [3.05, 3.63) is 47.5 Å². The average molecular weight is 485 g/mol. The minimum absolute atomic E-state index is 0.139. The molecule has 2 aromatic carbocycles. The van der Waals surface area contributed by atoms with Crippen molar-refractivity contribution in [3.63, 3.8) is 0 Å². The molecule has 192 valence electrons. The molecule has 0 heterocycles. The predicted octanol–water partition coefficient (Wildman–Crippen LogP) is 6.40. The summed E-state index contributed by atoms with van der Waals surface area (Å²) in [5, 5.41) is 10.7. The first-order valence-electron chi connectivity index (χ1n) is 12.9. The summed E-state index contributed by atoms with van der Waals surface area (Å²) in [4.78, 5) is 23.6. The Balaban J connectivity index is 2.25. The number of hydrogen-bond acceptors (Lipinski definition) is 6. The summed E-state index contributed by atoms with van der Waals surface area (Å²) in [6.07, 6.45) is 7.33. The normalized spacial score (nSPS) is 10.7. The van der Waals surface area contributed by atoms with Crippen LogP contribution in [0, 0.1) is 0 Å². The monoisotopic (exact) mass is 484 g/mol. The quantitative estimate of drug-likeness (QED) is 0.219. The van der Waals surface area contributed by atoms with Crippen LogP contribution in [0.3, 0.4) is 0 Å². The largest absolute Gasteiger partial charge is 0.507 e. The van der Waals surface area contributed by atoms with Gasteiger partial charge in [-0.3, -0.25) is 9.59 Å². The fraction of sp³-hybridized carbons (Fsp3) is 0.517. The highest BCUT2D eigenvalue weighted by Gasteiger charge is 2.15. The number of rotatable bonds is 16. The number of aromatic hydroxyl groups is 1. The van der Waals surface area contributed by atoms with Gasteiger partial charge in [0.25, 0.3) is 0 Å². The molecule has 1 N–H and O–H groups in total. The molecule has 0 saturated carbocycles. The molecule has 0 spiro atoms. The second-order valence-electron chi connectivity index (χ2n) is 8.55. The second-order valence-corrected chi connectivity index (χ2v) is 8.55. The van der Waals surface area contributed by atoms with Crippen molar-refractivity contribution in [1.29, 1.82) is 0 Å². The molecule has 0 radical (unpaired) electrons. The molecule has 0 aliphatic heterocycles. The van der Waals surface area contributed by atoms with Crippen LogP contribution in [-0.2, 0) is 31.9 Å². The summed E-state index contributed by atoms with van der Waals surface area (Å²) in [6, 6.07) is 11.2. The third kappa shape index (κ3) is 10.0. The Morgan fingerprint density at radius 3 is 1.91 bits per heavy atom. The van der Waals surface area contributed by atoms with E-state index in [-0.39, 0.29) is 30.5 Å². The van der Waals surface area contributed by atoms with Crippen LogP contribution in [0.5, 0.6) is 11.5 Å². The van der Waals surface area contributed by atoms with E-state index in [1.54, 1.807) is 19.9 Å². The zero-order valence-corrected chi connectivity index (χ0v) is 21.4. The molecular formula is C29H40O6. The summed E-state index contributed by atoms with van der Waals surface area (Å²) in [6.45, 7) is 7.10. The van der Waals surface area contributed by atoms with Gasteiger partial charge in [0.1, 0.15) is 11.5 Å². The standard InChI is InChI=1S/C29H40O6/c1-4-7-8-9-10-19-35-27-16-12-23(14-18-29(32)34-6-3)21-25(27)24-20-22(11-15-26(24)30)13-17-28(31)33-5-2/h11-12,15-16,20-21,30H,4-10,13-14,17-19H2,1-3H3. The molecule has 0 aliphatic carbocycles. The predicted molar refractivity (Wildman–Crippen MR) is 138 cm³/mol. The third-order valence-electron chi connectivity index (χ3n) is 5.75. The fourth-order valence-electron chi connectivity index (χ4n) is 3.87. The van der Waals surface area contributed by atoms with E-state index in [9.17, 15) is 14.7 Å². The first-order valence-corrected chi connectivity index (χ1v) is 12.9. The average Bonchev–Trinajstić information content (AvgIpc) is 2.85. The molecule has 0 atom stereocenters. The number of aryl methyl sites for hydroxylation is 2. The van der Waals surface area contributed by atoms with Crippen molar-refractivity contribution in [3.8, 4) is 22.6 Å². The highest BCUT2D eigenvalue weighted by molar-refractivity contribution is 5.77. The molecule has 2 aromatic rings. The molecule has 0 fully saturated rings. The molecule has 2 rings (SSSR count). The fourth-order valence-corrected chi connectivity index (χ4v) is 3.87. The highest BCUT2D eigenvalue weighted by Crippen LogP contribution is 2.38. The first-order chi connectivity index (χ1) is 17.0. The van der Waals surface area contributed by atoms with Gasteiger partial charge in [0, 0.05) is 24.0 Å². The zero-order chi connectivity index (χ0) is 25.5. The maximum atomic E-state index is 11.8. The van der Waals surface area contributed by atoms with Gasteiger partial charge < -0.3 is 19.3 Å². The van der Waals surface area contributed by atoms with E-state index in [4.69, 9.17) is 14.2 Å². The number of phenolic OH excluding ortho intramolecular Hbond substituents is 1. The Labute approximate surface area is 209 Å². The van der Waals surface area contributed by atoms with E-state index in [1.165, 1.54) is 19.3 Å². The number of hydrogen-bond donors (Lipinski definition) is 1. The smallest absolute Gasteiger partial charge is 0.306 e. The lowest BCUT2D eigenvalue weighted by atomic mass is 9.96. The third-order valence-corrected chi connectivity index (χ3v) is 5.75. The van der Waals surface area contributed by atoms with Crippen LogP contribution in [0.4, 0.5) is 0 Å². The number of carbonyl (C=O) groups is 2. The summed E-state index contributed by atoms with van der Waals surface area (Å²) < 4.78 is 16.2. The van der Waals surface area contributed by atoms with Crippen LogP contribution in [0.2, 0.25) is 0 Å². The van der Waals surface area contributed by atoms with Crippen molar-refractivity contribution >= 4 is 11.9 Å². The molecule has 6 nitrogen and oxygen atoms in total. The molecule has 6 heteroatoms. The summed E-state index contributed by atoms with van der Waals surface area (Å²) in [5.74, 6) is 0.360. The Morgan fingerprint density at radius 1 is 0.743 bits per heavy atom. The molecule has 0 amide bonds. The van der Waals surface area contributed by atoms with Gasteiger partial charge in [-0.25, -0.2) is 0 Å². The minimum Gasteiger partial charge on any atom is -0.507 e. The molecule has 0 unspecified atom stereocenters. The Morgan fingerprint density at radius 2 is 1.31 bits per heavy atom. The molecule has 0 aliphatic rings. The lowest BCUT2D eigenvalue weighted by Crippen LogP contribution is -2.06. The van der Waals surface area contributed by atoms with Crippen LogP contribution in [0.15, 0.2) is 36.4 Å². The SMILES string of the molecule is CCCCCCCOc1ccc(CCC(=O)OCC)cc1-c1cc(CCC(=O)OCC)ccc1O. The van der Waals surface area contributed by atoms with Crippen molar-refractivity contribution in [1.82, 2.24) is 0 Å². The minimum atomic E-state index is -0.241. The van der Waals surface area contributed by atoms with Crippen LogP contribution in [-0.4, -0.2) is 36.9 Å². The van der Waals surface area contributed by atoms with Gasteiger partial charge in [-0.05, 0) is 68.5 Å². The summed E-state index contributed by atoms with van der Waals surface area (Å²) >= 11 is 0. The zero-order valence-electron chi connectivity index (χ0n) is 21.4.